The van der Waals surface area contributed by atoms with E-state index in [0.717, 1.165) is 12.8 Å². The molecule has 0 radical (unpaired) electrons. The van der Waals surface area contributed by atoms with Gasteiger partial charge in [0.15, 0.2) is 0 Å². The van der Waals surface area contributed by atoms with Crippen molar-refractivity contribution in [2.24, 2.45) is 0 Å². The third-order valence-corrected chi connectivity index (χ3v) is 2.71. The molecule has 0 unspecified atom stereocenters. The Balaban J connectivity index is -0.000000218. The SMILES string of the molecule is [CH2-]CCCCCCC.[CH2-]CCCCCCC.[Nd]. The quantitative estimate of drug-likeness (QED) is 0.310. The van der Waals surface area contributed by atoms with Crippen LogP contribution in [0.2, 0.25) is 0 Å². The molecular formula is C16H34Nd-2. The summed E-state index contributed by atoms with van der Waals surface area (Å²) < 4.78 is 0. The third kappa shape index (κ3) is 31.7. The molecular weight excluding hydrogens is 336 g/mol. The minimum absolute atomic E-state index is 0. The first-order valence-corrected chi connectivity index (χ1v) is 7.41. The molecule has 0 fully saturated rings. The van der Waals surface area contributed by atoms with Crippen LogP contribution in [0.15, 0.2) is 0 Å². The maximum absolute atomic E-state index is 3.78. The molecule has 0 amide bonds. The first-order valence-electron chi connectivity index (χ1n) is 7.41. The Bertz CT molecular complexity index is 67.5. The Hall–Kier alpha value is 1.35. The summed E-state index contributed by atoms with van der Waals surface area (Å²) >= 11 is 0. The van der Waals surface area contributed by atoms with Crippen LogP contribution in [0.4, 0.5) is 0 Å². The summed E-state index contributed by atoms with van der Waals surface area (Å²) in [4.78, 5) is 0. The molecule has 0 aromatic heterocycles. The normalized spacial score (nSPS) is 9.18. The van der Waals surface area contributed by atoms with Crippen LogP contribution >= 0.6 is 0 Å². The van der Waals surface area contributed by atoms with Gasteiger partial charge < -0.3 is 13.8 Å². The van der Waals surface area contributed by atoms with Crippen molar-refractivity contribution in [1.82, 2.24) is 0 Å². The molecule has 104 valence electrons. The van der Waals surface area contributed by atoms with Crippen LogP contribution in [0.25, 0.3) is 0 Å². The Morgan fingerprint density at radius 3 is 1.06 bits per heavy atom. The van der Waals surface area contributed by atoms with Gasteiger partial charge in [-0.2, -0.15) is 12.8 Å². The second kappa shape index (κ2) is 26.0. The molecule has 0 nitrogen and oxygen atoms in total. The van der Waals surface area contributed by atoms with E-state index in [-0.39, 0.29) is 40.8 Å². The van der Waals surface area contributed by atoms with Crippen LogP contribution in [0, 0.1) is 54.7 Å². The van der Waals surface area contributed by atoms with E-state index in [1.54, 1.807) is 0 Å². The minimum atomic E-state index is 0. The fourth-order valence-electron chi connectivity index (χ4n) is 1.56. The molecule has 0 spiro atoms. The number of unbranched alkanes of at least 4 members (excludes halogenated alkanes) is 10. The molecule has 0 heterocycles. The maximum Gasteiger partial charge on any atom is 0 e. The third-order valence-electron chi connectivity index (χ3n) is 2.71. The largest absolute Gasteiger partial charge is 0.343 e. The van der Waals surface area contributed by atoms with Crippen molar-refractivity contribution in [3.63, 3.8) is 0 Å². The molecule has 0 atom stereocenters. The fraction of sp³-hybridized carbons (Fsp3) is 0.875. The zero-order valence-electron chi connectivity index (χ0n) is 12.4. The van der Waals surface area contributed by atoms with E-state index in [1.165, 1.54) is 64.2 Å². The Morgan fingerprint density at radius 2 is 0.824 bits per heavy atom. The van der Waals surface area contributed by atoms with Crippen molar-refractivity contribution in [1.29, 1.82) is 0 Å². The van der Waals surface area contributed by atoms with E-state index in [0.29, 0.717) is 0 Å². The molecule has 0 N–H and O–H groups in total. The molecule has 1 heteroatoms. The van der Waals surface area contributed by atoms with Crippen LogP contribution in [-0.2, 0) is 0 Å². The summed E-state index contributed by atoms with van der Waals surface area (Å²) in [7, 11) is 0. The minimum Gasteiger partial charge on any atom is -0.343 e. The topological polar surface area (TPSA) is 0 Å². The second-order valence-corrected chi connectivity index (χ2v) is 4.54. The second-order valence-electron chi connectivity index (χ2n) is 4.54. The van der Waals surface area contributed by atoms with Gasteiger partial charge in [-0.1, -0.05) is 78.1 Å². The van der Waals surface area contributed by atoms with Gasteiger partial charge in [0.2, 0.25) is 0 Å². The van der Waals surface area contributed by atoms with Gasteiger partial charge in [-0.05, 0) is 0 Å². The zero-order valence-corrected chi connectivity index (χ0v) is 15.6. The van der Waals surface area contributed by atoms with Gasteiger partial charge in [0, 0.05) is 40.8 Å². The van der Waals surface area contributed by atoms with Crippen LogP contribution in [0.5, 0.6) is 0 Å². The average Bonchev–Trinajstić information content (AvgIpc) is 2.31. The predicted octanol–water partition coefficient (Wildman–Crippen LogP) is 6.36. The summed E-state index contributed by atoms with van der Waals surface area (Å²) in [5, 5.41) is 0. The van der Waals surface area contributed by atoms with Crippen molar-refractivity contribution in [3.8, 4) is 0 Å². The first kappa shape index (κ1) is 23.4. The molecule has 17 heavy (non-hydrogen) atoms. The van der Waals surface area contributed by atoms with Crippen molar-refractivity contribution in [2.75, 3.05) is 0 Å². The van der Waals surface area contributed by atoms with Crippen LogP contribution in [0.1, 0.15) is 90.9 Å². The van der Waals surface area contributed by atoms with Crippen molar-refractivity contribution >= 4 is 0 Å². The number of hydrogen-bond acceptors (Lipinski definition) is 0. The molecule has 0 aromatic carbocycles. The van der Waals surface area contributed by atoms with Crippen LogP contribution in [-0.4, -0.2) is 0 Å². The Kier molecular flexibility index (Phi) is 35.9. The van der Waals surface area contributed by atoms with E-state index in [2.05, 4.69) is 27.7 Å². The Morgan fingerprint density at radius 1 is 0.529 bits per heavy atom. The molecule has 0 aromatic rings. The average molecular weight is 371 g/mol. The summed E-state index contributed by atoms with van der Waals surface area (Å²) in [5.41, 5.74) is 0. The Labute approximate surface area is 144 Å². The molecule has 0 saturated carbocycles. The van der Waals surface area contributed by atoms with Crippen LogP contribution in [0.3, 0.4) is 0 Å². The number of hydrogen-bond donors (Lipinski definition) is 0. The van der Waals surface area contributed by atoms with Gasteiger partial charge in [-0.15, -0.1) is 0 Å². The van der Waals surface area contributed by atoms with Gasteiger partial charge in [-0.3, -0.25) is 0 Å². The van der Waals surface area contributed by atoms with E-state index in [1.807, 2.05) is 0 Å². The molecule has 0 aliphatic carbocycles. The molecule has 0 saturated heterocycles. The van der Waals surface area contributed by atoms with Gasteiger partial charge in [0.05, 0.1) is 0 Å². The fourth-order valence-corrected chi connectivity index (χ4v) is 1.56. The molecule has 0 aliphatic rings. The molecule has 0 rings (SSSR count). The predicted molar refractivity (Wildman–Crippen MR) is 77.5 cm³/mol. The molecule has 0 aliphatic heterocycles. The van der Waals surface area contributed by atoms with Gasteiger partial charge in [-0.25, -0.2) is 0 Å². The van der Waals surface area contributed by atoms with Gasteiger partial charge in [0.1, 0.15) is 0 Å². The van der Waals surface area contributed by atoms with Crippen molar-refractivity contribution < 1.29 is 40.8 Å². The first-order chi connectivity index (χ1) is 7.83. The van der Waals surface area contributed by atoms with E-state index >= 15 is 0 Å². The van der Waals surface area contributed by atoms with Gasteiger partial charge >= 0.3 is 0 Å². The molecule has 0 bridgehead atoms. The maximum atomic E-state index is 3.78. The van der Waals surface area contributed by atoms with Crippen LogP contribution < -0.4 is 0 Å². The summed E-state index contributed by atoms with van der Waals surface area (Å²) in [6.45, 7) is 12.0. The monoisotopic (exact) mass is 368 g/mol. The smallest absolute Gasteiger partial charge is 0 e. The van der Waals surface area contributed by atoms with E-state index in [4.69, 9.17) is 0 Å². The van der Waals surface area contributed by atoms with Crippen molar-refractivity contribution in [3.05, 3.63) is 13.8 Å². The van der Waals surface area contributed by atoms with E-state index in [9.17, 15) is 0 Å². The summed E-state index contributed by atoms with van der Waals surface area (Å²) in [6, 6.07) is 0. The van der Waals surface area contributed by atoms with Gasteiger partial charge in [0.25, 0.3) is 0 Å². The summed E-state index contributed by atoms with van der Waals surface area (Å²) in [6.07, 6.45) is 16.0. The number of rotatable bonds is 10. The van der Waals surface area contributed by atoms with Crippen molar-refractivity contribution in [2.45, 2.75) is 90.9 Å². The summed E-state index contributed by atoms with van der Waals surface area (Å²) in [5.74, 6) is 0. The standard InChI is InChI=1S/2C8H17.Nd/c2*1-3-5-7-8-6-4-2;/h2*1,3-8H2,2H3;/q2*-1;. The zero-order chi connectivity index (χ0) is 12.5. The van der Waals surface area contributed by atoms with E-state index < -0.39 is 0 Å².